The quantitative estimate of drug-likeness (QED) is 0.588. The van der Waals surface area contributed by atoms with Gasteiger partial charge in [-0.05, 0) is 31.2 Å². The number of primary amides is 1. The summed E-state index contributed by atoms with van der Waals surface area (Å²) in [4.78, 5) is 25.6. The molecule has 0 fully saturated rings. The molecule has 2 amide bonds. The molecule has 0 spiro atoms. The maximum absolute atomic E-state index is 12.5. The number of fused-ring (bicyclic) bond motifs is 1. The first-order chi connectivity index (χ1) is 14.0. The zero-order valence-electron chi connectivity index (χ0n) is 16.0. The number of nitrogens with one attached hydrogen (secondary N) is 1. The van der Waals surface area contributed by atoms with Crippen LogP contribution < -0.4 is 11.1 Å². The van der Waals surface area contributed by atoms with E-state index in [1.54, 1.807) is 0 Å². The number of carbonyl (C=O) groups excluding carboxylic acids is 2. The standard InChI is InChI=1S/C20H21N5O2S2/c1-25-18(12-7-3-2-4-8-12)23-24-20(25)28-11-15(26)22-19-16(17(21)27)13-9-5-6-10-14(13)29-19/h2-4,7-8H,5-6,9-11H2,1H3,(H2,21,27)(H,22,26). The zero-order valence-corrected chi connectivity index (χ0v) is 17.6. The van der Waals surface area contributed by atoms with Gasteiger partial charge in [0.25, 0.3) is 5.91 Å². The number of thiophene rings is 1. The van der Waals surface area contributed by atoms with Crippen molar-refractivity contribution in [1.82, 2.24) is 14.8 Å². The van der Waals surface area contributed by atoms with E-state index in [4.69, 9.17) is 5.73 Å². The minimum Gasteiger partial charge on any atom is -0.365 e. The summed E-state index contributed by atoms with van der Waals surface area (Å²) in [7, 11) is 1.88. The number of thioether (sulfide) groups is 1. The number of nitrogens with zero attached hydrogens (tertiary/aromatic N) is 3. The summed E-state index contributed by atoms with van der Waals surface area (Å²) in [6.07, 6.45) is 3.93. The number of aryl methyl sites for hydroxylation is 1. The normalized spacial score (nSPS) is 13.1. The minimum atomic E-state index is -0.479. The van der Waals surface area contributed by atoms with E-state index >= 15 is 0 Å². The molecular formula is C20H21N5O2S2. The molecule has 2 aromatic heterocycles. The fourth-order valence-electron chi connectivity index (χ4n) is 3.49. The van der Waals surface area contributed by atoms with E-state index in [9.17, 15) is 9.59 Å². The smallest absolute Gasteiger partial charge is 0.251 e. The van der Waals surface area contributed by atoms with Gasteiger partial charge in [-0.15, -0.1) is 21.5 Å². The van der Waals surface area contributed by atoms with Crippen molar-refractivity contribution in [3.8, 4) is 11.4 Å². The molecule has 3 aromatic rings. The molecule has 0 aliphatic heterocycles. The number of carbonyl (C=O) groups is 2. The first kappa shape index (κ1) is 19.7. The van der Waals surface area contributed by atoms with Gasteiger partial charge in [-0.2, -0.15) is 0 Å². The predicted octanol–water partition coefficient (Wildman–Crippen LogP) is 3.25. The summed E-state index contributed by atoms with van der Waals surface area (Å²) in [5.74, 6) is 0.241. The molecule has 1 aliphatic carbocycles. The maximum Gasteiger partial charge on any atom is 0.251 e. The van der Waals surface area contributed by atoms with E-state index in [-0.39, 0.29) is 11.7 Å². The van der Waals surface area contributed by atoms with Crippen molar-refractivity contribution in [3.63, 3.8) is 0 Å². The van der Waals surface area contributed by atoms with Crippen LogP contribution in [0.1, 0.15) is 33.6 Å². The van der Waals surface area contributed by atoms with Gasteiger partial charge in [0.2, 0.25) is 5.91 Å². The first-order valence-electron chi connectivity index (χ1n) is 9.36. The third kappa shape index (κ3) is 4.06. The number of rotatable bonds is 6. The van der Waals surface area contributed by atoms with Crippen LogP contribution in [0.2, 0.25) is 0 Å². The number of amides is 2. The van der Waals surface area contributed by atoms with Crippen LogP contribution in [-0.4, -0.2) is 32.3 Å². The van der Waals surface area contributed by atoms with E-state index in [0.29, 0.717) is 15.7 Å². The molecule has 2 heterocycles. The first-order valence-corrected chi connectivity index (χ1v) is 11.2. The van der Waals surface area contributed by atoms with Crippen molar-refractivity contribution in [2.45, 2.75) is 30.8 Å². The number of hydrogen-bond acceptors (Lipinski definition) is 6. The van der Waals surface area contributed by atoms with Gasteiger partial charge in [0.15, 0.2) is 11.0 Å². The van der Waals surface area contributed by atoms with Crippen LogP contribution in [0.3, 0.4) is 0 Å². The van der Waals surface area contributed by atoms with E-state index in [1.165, 1.54) is 23.1 Å². The molecule has 0 bridgehead atoms. The second kappa shape index (κ2) is 8.38. The van der Waals surface area contributed by atoms with E-state index < -0.39 is 5.91 Å². The molecule has 29 heavy (non-hydrogen) atoms. The third-order valence-corrected chi connectivity index (χ3v) is 7.10. The van der Waals surface area contributed by atoms with Crippen LogP contribution >= 0.6 is 23.1 Å². The lowest BCUT2D eigenvalue weighted by atomic mass is 9.95. The van der Waals surface area contributed by atoms with Crippen molar-refractivity contribution < 1.29 is 9.59 Å². The highest BCUT2D eigenvalue weighted by Crippen LogP contribution is 2.38. The Hall–Kier alpha value is -2.65. The molecular weight excluding hydrogens is 406 g/mol. The Labute approximate surface area is 176 Å². The van der Waals surface area contributed by atoms with Crippen molar-refractivity contribution in [3.05, 3.63) is 46.3 Å². The number of nitrogens with two attached hydrogens (primary N) is 1. The Kier molecular flexibility index (Phi) is 5.68. The molecule has 7 nitrogen and oxygen atoms in total. The Morgan fingerprint density at radius 1 is 1.21 bits per heavy atom. The topological polar surface area (TPSA) is 103 Å². The molecule has 4 rings (SSSR count). The van der Waals surface area contributed by atoms with Crippen molar-refractivity contribution >= 4 is 39.9 Å². The number of benzene rings is 1. The number of aromatic nitrogens is 3. The fraction of sp³-hybridized carbons (Fsp3) is 0.300. The summed E-state index contributed by atoms with van der Waals surface area (Å²) < 4.78 is 1.87. The molecule has 3 N–H and O–H groups in total. The van der Waals surface area contributed by atoms with Crippen molar-refractivity contribution in [2.24, 2.45) is 12.8 Å². The summed E-state index contributed by atoms with van der Waals surface area (Å²) in [5.41, 5.74) is 8.05. The third-order valence-electron chi connectivity index (χ3n) is 4.87. The Balaban J connectivity index is 1.45. The molecule has 0 unspecified atom stereocenters. The summed E-state index contributed by atoms with van der Waals surface area (Å²) in [5, 5.41) is 12.5. The average molecular weight is 428 g/mol. The second-order valence-electron chi connectivity index (χ2n) is 6.85. The zero-order chi connectivity index (χ0) is 20.4. The van der Waals surface area contributed by atoms with Gasteiger partial charge in [0, 0.05) is 17.5 Å². The van der Waals surface area contributed by atoms with E-state index in [0.717, 1.165) is 47.5 Å². The van der Waals surface area contributed by atoms with Gasteiger partial charge in [-0.25, -0.2) is 0 Å². The van der Waals surface area contributed by atoms with Gasteiger partial charge < -0.3 is 15.6 Å². The van der Waals surface area contributed by atoms with Crippen LogP contribution in [0.15, 0.2) is 35.5 Å². The molecule has 0 saturated carbocycles. The predicted molar refractivity (Wildman–Crippen MR) is 115 cm³/mol. The van der Waals surface area contributed by atoms with E-state index in [2.05, 4.69) is 15.5 Å². The lowest BCUT2D eigenvalue weighted by Gasteiger charge is -2.11. The van der Waals surface area contributed by atoms with Crippen LogP contribution in [0.4, 0.5) is 5.00 Å². The summed E-state index contributed by atoms with van der Waals surface area (Å²) in [6.45, 7) is 0. The largest absolute Gasteiger partial charge is 0.365 e. The van der Waals surface area contributed by atoms with Crippen LogP contribution in [-0.2, 0) is 24.7 Å². The van der Waals surface area contributed by atoms with Gasteiger partial charge in [0.1, 0.15) is 5.00 Å². The monoisotopic (exact) mass is 427 g/mol. The second-order valence-corrected chi connectivity index (χ2v) is 8.90. The van der Waals surface area contributed by atoms with Gasteiger partial charge in [-0.1, -0.05) is 42.1 Å². The molecule has 0 atom stereocenters. The molecule has 9 heteroatoms. The average Bonchev–Trinajstić information content (AvgIpc) is 3.27. The highest BCUT2D eigenvalue weighted by molar-refractivity contribution is 7.99. The van der Waals surface area contributed by atoms with Crippen molar-refractivity contribution in [1.29, 1.82) is 0 Å². The lowest BCUT2D eigenvalue weighted by Crippen LogP contribution is -2.19. The van der Waals surface area contributed by atoms with Gasteiger partial charge in [0.05, 0.1) is 11.3 Å². The molecule has 1 aromatic carbocycles. The summed E-state index contributed by atoms with van der Waals surface area (Å²) >= 11 is 2.77. The highest BCUT2D eigenvalue weighted by atomic mass is 32.2. The van der Waals surface area contributed by atoms with Gasteiger partial charge in [-0.3, -0.25) is 9.59 Å². The Morgan fingerprint density at radius 2 is 1.97 bits per heavy atom. The molecule has 150 valence electrons. The molecule has 0 radical (unpaired) electrons. The minimum absolute atomic E-state index is 0.168. The fourth-order valence-corrected chi connectivity index (χ4v) is 5.51. The van der Waals surface area contributed by atoms with Crippen LogP contribution in [0.25, 0.3) is 11.4 Å². The molecule has 0 saturated heterocycles. The van der Waals surface area contributed by atoms with Crippen LogP contribution in [0, 0.1) is 0 Å². The van der Waals surface area contributed by atoms with Crippen molar-refractivity contribution in [2.75, 3.05) is 11.1 Å². The van der Waals surface area contributed by atoms with Crippen LogP contribution in [0.5, 0.6) is 0 Å². The van der Waals surface area contributed by atoms with E-state index in [1.807, 2.05) is 41.9 Å². The SMILES string of the molecule is Cn1c(SCC(=O)Nc2sc3c(c2C(N)=O)CCCC3)nnc1-c1ccccc1. The molecule has 1 aliphatic rings. The lowest BCUT2D eigenvalue weighted by molar-refractivity contribution is -0.113. The van der Waals surface area contributed by atoms with Gasteiger partial charge >= 0.3 is 0 Å². The summed E-state index contributed by atoms with van der Waals surface area (Å²) in [6, 6.07) is 9.77. The maximum atomic E-state index is 12.5. The highest BCUT2D eigenvalue weighted by Gasteiger charge is 2.25. The Morgan fingerprint density at radius 3 is 2.72 bits per heavy atom. The number of anilines is 1. The Bertz CT molecular complexity index is 1060. The number of hydrogen-bond donors (Lipinski definition) is 2.